The first-order chi connectivity index (χ1) is 11.2. The van der Waals surface area contributed by atoms with Gasteiger partial charge in [0.1, 0.15) is 0 Å². The predicted octanol–water partition coefficient (Wildman–Crippen LogP) is 0.793. The normalized spacial score (nSPS) is 23.4. The molecule has 2 aliphatic heterocycles. The molecule has 3 rings (SSSR count). The molecule has 3 heterocycles. The number of hydrogen-bond donors (Lipinski definition) is 1. The number of nitrogens with zero attached hydrogens (tertiary/aromatic N) is 5. The second-order valence-electron chi connectivity index (χ2n) is 6.43. The van der Waals surface area contributed by atoms with Crippen LogP contribution in [0.3, 0.4) is 0 Å². The minimum Gasteiger partial charge on any atom is -0.339 e. The van der Waals surface area contributed by atoms with Gasteiger partial charge in [-0.2, -0.15) is 0 Å². The van der Waals surface area contributed by atoms with Crippen LogP contribution < -0.4 is 10.2 Å². The minimum atomic E-state index is 0.0705. The van der Waals surface area contributed by atoms with Crippen LogP contribution in [0.25, 0.3) is 0 Å². The van der Waals surface area contributed by atoms with E-state index in [2.05, 4.69) is 32.1 Å². The lowest BCUT2D eigenvalue weighted by Gasteiger charge is -2.34. The SMILES string of the molecule is CN1CCCN(C(=O)NC2CCCN(c3ncccn3)C2)CC1. The fourth-order valence-electron chi connectivity index (χ4n) is 3.25. The fraction of sp³-hybridized carbons (Fsp3) is 0.688. The fourth-order valence-corrected chi connectivity index (χ4v) is 3.25. The molecule has 126 valence electrons. The van der Waals surface area contributed by atoms with Crippen molar-refractivity contribution in [2.75, 3.05) is 51.2 Å². The van der Waals surface area contributed by atoms with Crippen molar-refractivity contribution in [2.24, 2.45) is 0 Å². The van der Waals surface area contributed by atoms with Crippen LogP contribution in [0.2, 0.25) is 0 Å². The largest absolute Gasteiger partial charge is 0.339 e. The van der Waals surface area contributed by atoms with E-state index < -0.39 is 0 Å². The number of rotatable bonds is 2. The highest BCUT2D eigenvalue weighted by Gasteiger charge is 2.25. The molecule has 7 nitrogen and oxygen atoms in total. The smallest absolute Gasteiger partial charge is 0.317 e. The van der Waals surface area contributed by atoms with Gasteiger partial charge >= 0.3 is 6.03 Å². The van der Waals surface area contributed by atoms with E-state index in [4.69, 9.17) is 0 Å². The molecule has 0 radical (unpaired) electrons. The van der Waals surface area contributed by atoms with E-state index in [0.29, 0.717) is 0 Å². The van der Waals surface area contributed by atoms with Crippen molar-refractivity contribution in [3.8, 4) is 0 Å². The Morgan fingerprint density at radius 2 is 1.96 bits per heavy atom. The summed E-state index contributed by atoms with van der Waals surface area (Å²) in [6.45, 7) is 5.39. The molecule has 1 aromatic rings. The van der Waals surface area contributed by atoms with Crippen LogP contribution in [-0.4, -0.2) is 78.2 Å². The van der Waals surface area contributed by atoms with Crippen molar-refractivity contribution in [1.29, 1.82) is 0 Å². The van der Waals surface area contributed by atoms with E-state index in [1.54, 1.807) is 12.4 Å². The van der Waals surface area contributed by atoms with Gasteiger partial charge in [0.05, 0.1) is 0 Å². The zero-order chi connectivity index (χ0) is 16.1. The Balaban J connectivity index is 1.54. The quantitative estimate of drug-likeness (QED) is 0.873. The van der Waals surface area contributed by atoms with Crippen LogP contribution >= 0.6 is 0 Å². The highest BCUT2D eigenvalue weighted by atomic mass is 16.2. The molecule has 23 heavy (non-hydrogen) atoms. The molecule has 7 heteroatoms. The minimum absolute atomic E-state index is 0.0705. The number of anilines is 1. The molecule has 0 aromatic carbocycles. The van der Waals surface area contributed by atoms with E-state index in [0.717, 1.165) is 64.5 Å². The number of likely N-dealkylation sites (N-methyl/N-ethyl adjacent to an activating group) is 1. The number of urea groups is 1. The molecule has 2 fully saturated rings. The topological polar surface area (TPSA) is 64.6 Å². The van der Waals surface area contributed by atoms with Gasteiger partial charge in [-0.25, -0.2) is 14.8 Å². The second-order valence-corrected chi connectivity index (χ2v) is 6.43. The number of hydrogen-bond acceptors (Lipinski definition) is 5. The lowest BCUT2D eigenvalue weighted by Crippen LogP contribution is -2.52. The molecule has 2 aliphatic rings. The first kappa shape index (κ1) is 16.0. The predicted molar refractivity (Wildman–Crippen MR) is 89.5 cm³/mol. The van der Waals surface area contributed by atoms with E-state index in [-0.39, 0.29) is 12.1 Å². The van der Waals surface area contributed by atoms with Gasteiger partial charge in [-0.05, 0) is 38.9 Å². The first-order valence-electron chi connectivity index (χ1n) is 8.48. The van der Waals surface area contributed by atoms with Crippen LogP contribution in [0.4, 0.5) is 10.7 Å². The molecule has 2 amide bonds. The highest BCUT2D eigenvalue weighted by Crippen LogP contribution is 2.15. The van der Waals surface area contributed by atoms with Gasteiger partial charge in [0.2, 0.25) is 5.95 Å². The molecule has 1 aromatic heterocycles. The average Bonchev–Trinajstić information content (AvgIpc) is 2.81. The van der Waals surface area contributed by atoms with Crippen LogP contribution in [0, 0.1) is 0 Å². The van der Waals surface area contributed by atoms with Crippen LogP contribution in [-0.2, 0) is 0 Å². The van der Waals surface area contributed by atoms with Gasteiger partial charge in [0.15, 0.2) is 0 Å². The van der Waals surface area contributed by atoms with Gasteiger partial charge in [0.25, 0.3) is 0 Å². The van der Waals surface area contributed by atoms with Gasteiger partial charge in [0, 0.05) is 51.2 Å². The maximum absolute atomic E-state index is 12.5. The standard InChI is InChI=1S/C16H26N6O/c1-20-8-4-10-21(12-11-20)16(23)19-14-5-2-9-22(13-14)15-17-6-3-7-18-15/h3,6-7,14H,2,4-5,8-13H2,1H3,(H,19,23). The maximum Gasteiger partial charge on any atom is 0.317 e. The molecule has 0 bridgehead atoms. The molecular weight excluding hydrogens is 292 g/mol. The summed E-state index contributed by atoms with van der Waals surface area (Å²) >= 11 is 0. The van der Waals surface area contributed by atoms with E-state index in [9.17, 15) is 4.79 Å². The lowest BCUT2D eigenvalue weighted by atomic mass is 10.1. The van der Waals surface area contributed by atoms with Gasteiger partial charge in [-0.3, -0.25) is 0 Å². The van der Waals surface area contributed by atoms with Gasteiger partial charge < -0.3 is 20.0 Å². The third kappa shape index (κ3) is 4.31. The number of aromatic nitrogens is 2. The van der Waals surface area contributed by atoms with Crippen molar-refractivity contribution in [1.82, 2.24) is 25.1 Å². The van der Waals surface area contributed by atoms with Crippen LogP contribution in [0.1, 0.15) is 19.3 Å². The van der Waals surface area contributed by atoms with Gasteiger partial charge in [-0.1, -0.05) is 0 Å². The third-order valence-corrected chi connectivity index (χ3v) is 4.59. The van der Waals surface area contributed by atoms with Crippen molar-refractivity contribution in [3.05, 3.63) is 18.5 Å². The molecule has 2 saturated heterocycles. The number of amides is 2. The van der Waals surface area contributed by atoms with E-state index in [1.165, 1.54) is 0 Å². The Kier molecular flexibility index (Phi) is 5.27. The summed E-state index contributed by atoms with van der Waals surface area (Å²) in [6, 6.07) is 2.06. The summed E-state index contributed by atoms with van der Waals surface area (Å²) in [5.41, 5.74) is 0. The second kappa shape index (κ2) is 7.59. The average molecular weight is 318 g/mol. The summed E-state index contributed by atoms with van der Waals surface area (Å²) in [7, 11) is 2.11. The number of carbonyl (C=O) groups is 1. The van der Waals surface area contributed by atoms with Gasteiger partial charge in [-0.15, -0.1) is 0 Å². The monoisotopic (exact) mass is 318 g/mol. The van der Waals surface area contributed by atoms with E-state index in [1.807, 2.05) is 11.0 Å². The lowest BCUT2D eigenvalue weighted by molar-refractivity contribution is 0.193. The summed E-state index contributed by atoms with van der Waals surface area (Å²) in [5.74, 6) is 0.753. The summed E-state index contributed by atoms with van der Waals surface area (Å²) in [4.78, 5) is 27.5. The molecular formula is C16H26N6O. The zero-order valence-electron chi connectivity index (χ0n) is 13.8. The van der Waals surface area contributed by atoms with Crippen molar-refractivity contribution in [3.63, 3.8) is 0 Å². The van der Waals surface area contributed by atoms with Crippen molar-refractivity contribution in [2.45, 2.75) is 25.3 Å². The molecule has 0 saturated carbocycles. The number of nitrogens with one attached hydrogen (secondary N) is 1. The Morgan fingerprint density at radius 1 is 1.13 bits per heavy atom. The number of carbonyl (C=O) groups excluding carboxylic acids is 1. The Morgan fingerprint density at radius 3 is 2.78 bits per heavy atom. The Bertz CT molecular complexity index is 511. The Labute approximate surface area is 137 Å². The summed E-state index contributed by atoms with van der Waals surface area (Å²) in [5, 5.41) is 3.20. The third-order valence-electron chi connectivity index (χ3n) is 4.59. The maximum atomic E-state index is 12.5. The molecule has 0 spiro atoms. The summed E-state index contributed by atoms with van der Waals surface area (Å²) < 4.78 is 0. The molecule has 1 unspecified atom stereocenters. The van der Waals surface area contributed by atoms with Crippen molar-refractivity contribution >= 4 is 12.0 Å². The van der Waals surface area contributed by atoms with Crippen molar-refractivity contribution < 1.29 is 4.79 Å². The molecule has 1 N–H and O–H groups in total. The molecule has 1 atom stereocenters. The summed E-state index contributed by atoms with van der Waals surface area (Å²) in [6.07, 6.45) is 6.63. The highest BCUT2D eigenvalue weighted by molar-refractivity contribution is 5.74. The number of piperidine rings is 1. The van der Waals surface area contributed by atoms with Crippen LogP contribution in [0.15, 0.2) is 18.5 Å². The Hall–Kier alpha value is -1.89. The zero-order valence-corrected chi connectivity index (χ0v) is 13.8. The van der Waals surface area contributed by atoms with E-state index >= 15 is 0 Å². The van der Waals surface area contributed by atoms with Crippen LogP contribution in [0.5, 0.6) is 0 Å². The molecule has 0 aliphatic carbocycles. The first-order valence-corrected chi connectivity index (χ1v) is 8.48.